The van der Waals surface area contributed by atoms with Gasteiger partial charge in [0.25, 0.3) is 0 Å². The fourth-order valence-electron chi connectivity index (χ4n) is 2.70. The lowest BCUT2D eigenvalue weighted by Crippen LogP contribution is -2.21. The third-order valence-electron chi connectivity index (χ3n) is 4.05. The molecule has 2 heteroatoms. The Bertz CT molecular complexity index is 408. The molecule has 1 rings (SSSR count). The summed E-state index contributed by atoms with van der Waals surface area (Å²) in [6.07, 6.45) is 12.0. The van der Waals surface area contributed by atoms with Crippen molar-refractivity contribution in [2.24, 2.45) is 0 Å². The van der Waals surface area contributed by atoms with Gasteiger partial charge >= 0.3 is 0 Å². The molecular weight excluding hydrogens is 270 g/mol. The van der Waals surface area contributed by atoms with Gasteiger partial charge in [-0.25, -0.2) is 0 Å². The van der Waals surface area contributed by atoms with Crippen LogP contribution in [-0.4, -0.2) is 31.3 Å². The zero-order valence-electron chi connectivity index (χ0n) is 14.7. The highest BCUT2D eigenvalue weighted by Crippen LogP contribution is 2.12. The van der Waals surface area contributed by atoms with E-state index in [1.54, 1.807) is 0 Å². The van der Waals surface area contributed by atoms with Crippen LogP contribution in [-0.2, 0) is 6.42 Å². The quantitative estimate of drug-likeness (QED) is 0.395. The summed E-state index contributed by atoms with van der Waals surface area (Å²) in [6, 6.07) is 8.19. The molecule has 0 radical (unpaired) electrons. The number of ketones is 1. The van der Waals surface area contributed by atoms with E-state index in [2.05, 4.69) is 19.1 Å². The van der Waals surface area contributed by atoms with Gasteiger partial charge < -0.3 is 4.90 Å². The van der Waals surface area contributed by atoms with Crippen LogP contribution in [0.1, 0.15) is 74.2 Å². The number of rotatable bonds is 12. The number of hydrogen-bond donors (Lipinski definition) is 0. The van der Waals surface area contributed by atoms with Crippen molar-refractivity contribution in [2.75, 3.05) is 20.6 Å². The molecule has 1 aromatic rings. The molecule has 2 nitrogen and oxygen atoms in total. The Labute approximate surface area is 136 Å². The Morgan fingerprint density at radius 1 is 0.864 bits per heavy atom. The van der Waals surface area contributed by atoms with E-state index < -0.39 is 0 Å². The summed E-state index contributed by atoms with van der Waals surface area (Å²) in [7, 11) is 3.85. The number of benzene rings is 1. The molecule has 0 spiro atoms. The second-order valence-corrected chi connectivity index (χ2v) is 6.58. The second kappa shape index (κ2) is 11.4. The molecule has 22 heavy (non-hydrogen) atoms. The van der Waals surface area contributed by atoms with E-state index in [4.69, 9.17) is 0 Å². The van der Waals surface area contributed by atoms with Crippen LogP contribution in [0.2, 0.25) is 0 Å². The Hall–Kier alpha value is -1.15. The molecular formula is C20H33NO. The second-order valence-electron chi connectivity index (χ2n) is 6.58. The lowest BCUT2D eigenvalue weighted by molar-refractivity contribution is 0.0958. The molecule has 0 aliphatic rings. The molecule has 0 N–H and O–H groups in total. The number of carbonyl (C=O) groups is 1. The van der Waals surface area contributed by atoms with Crippen LogP contribution < -0.4 is 0 Å². The number of hydrogen-bond acceptors (Lipinski definition) is 2. The molecule has 0 aliphatic carbocycles. The fourth-order valence-corrected chi connectivity index (χ4v) is 2.70. The van der Waals surface area contributed by atoms with E-state index in [1.807, 2.05) is 31.1 Å². The van der Waals surface area contributed by atoms with Gasteiger partial charge in [-0.2, -0.15) is 0 Å². The van der Waals surface area contributed by atoms with E-state index >= 15 is 0 Å². The van der Waals surface area contributed by atoms with Crippen LogP contribution >= 0.6 is 0 Å². The number of unbranched alkanes of at least 4 members (excludes halogenated alkanes) is 7. The first-order valence-electron chi connectivity index (χ1n) is 8.90. The van der Waals surface area contributed by atoms with Crippen molar-refractivity contribution in [3.63, 3.8) is 0 Å². The van der Waals surface area contributed by atoms with Crippen molar-refractivity contribution in [3.8, 4) is 0 Å². The maximum absolute atomic E-state index is 11.9. The Morgan fingerprint density at radius 2 is 1.41 bits per heavy atom. The summed E-state index contributed by atoms with van der Waals surface area (Å²) in [6.45, 7) is 2.75. The monoisotopic (exact) mass is 303 g/mol. The largest absolute Gasteiger partial charge is 0.302 e. The summed E-state index contributed by atoms with van der Waals surface area (Å²) in [5.74, 6) is 0.198. The van der Waals surface area contributed by atoms with Crippen LogP contribution in [0.15, 0.2) is 24.3 Å². The zero-order chi connectivity index (χ0) is 16.2. The Balaban J connectivity index is 2.18. The third-order valence-corrected chi connectivity index (χ3v) is 4.05. The summed E-state index contributed by atoms with van der Waals surface area (Å²) in [4.78, 5) is 13.8. The van der Waals surface area contributed by atoms with Gasteiger partial charge in [-0.15, -0.1) is 0 Å². The highest BCUT2D eigenvalue weighted by molar-refractivity contribution is 5.97. The average molecular weight is 303 g/mol. The van der Waals surface area contributed by atoms with E-state index in [0.29, 0.717) is 6.54 Å². The van der Waals surface area contributed by atoms with Gasteiger partial charge in [0.15, 0.2) is 5.78 Å². The third kappa shape index (κ3) is 8.33. The number of likely N-dealkylation sites (N-methyl/N-ethyl adjacent to an activating group) is 1. The first-order valence-corrected chi connectivity index (χ1v) is 8.90. The van der Waals surface area contributed by atoms with Crippen LogP contribution in [0, 0.1) is 0 Å². The van der Waals surface area contributed by atoms with Crippen LogP contribution in [0.5, 0.6) is 0 Å². The van der Waals surface area contributed by atoms with Crippen molar-refractivity contribution >= 4 is 5.78 Å². The molecule has 0 bridgehead atoms. The van der Waals surface area contributed by atoms with E-state index in [1.165, 1.54) is 56.9 Å². The predicted octanol–water partition coefficient (Wildman–Crippen LogP) is 5.11. The standard InChI is InChI=1S/C20H33NO/c1-4-5-6-7-8-9-10-11-12-18-13-15-19(16-14-18)20(22)17-21(2)3/h13-16H,4-12,17H2,1-3H3. The van der Waals surface area contributed by atoms with Gasteiger partial charge in [0, 0.05) is 5.56 Å². The Morgan fingerprint density at radius 3 is 1.95 bits per heavy atom. The minimum Gasteiger partial charge on any atom is -0.302 e. The normalized spacial score (nSPS) is 11.1. The fraction of sp³-hybridized carbons (Fsp3) is 0.650. The van der Waals surface area contributed by atoms with Gasteiger partial charge in [-0.05, 0) is 32.5 Å². The maximum Gasteiger partial charge on any atom is 0.176 e. The molecule has 0 saturated heterocycles. The highest BCUT2D eigenvalue weighted by atomic mass is 16.1. The smallest absolute Gasteiger partial charge is 0.176 e. The van der Waals surface area contributed by atoms with Crippen LogP contribution in [0.25, 0.3) is 0 Å². The summed E-state index contributed by atoms with van der Waals surface area (Å²) < 4.78 is 0. The van der Waals surface area contributed by atoms with Crippen molar-refractivity contribution in [3.05, 3.63) is 35.4 Å². The minimum absolute atomic E-state index is 0.198. The highest BCUT2D eigenvalue weighted by Gasteiger charge is 2.06. The molecule has 124 valence electrons. The maximum atomic E-state index is 11.9. The number of Topliss-reactive ketones (excluding diaryl/α,β-unsaturated/α-hetero) is 1. The first kappa shape index (κ1) is 18.9. The van der Waals surface area contributed by atoms with Crippen molar-refractivity contribution in [1.29, 1.82) is 0 Å². The van der Waals surface area contributed by atoms with E-state index in [9.17, 15) is 4.79 Å². The van der Waals surface area contributed by atoms with Crippen LogP contribution in [0.4, 0.5) is 0 Å². The van der Waals surface area contributed by atoms with Gasteiger partial charge in [-0.3, -0.25) is 4.79 Å². The number of aryl methyl sites for hydroxylation is 1. The van der Waals surface area contributed by atoms with Crippen molar-refractivity contribution < 1.29 is 4.79 Å². The molecule has 0 amide bonds. The zero-order valence-corrected chi connectivity index (χ0v) is 14.7. The van der Waals surface area contributed by atoms with Crippen LogP contribution in [0.3, 0.4) is 0 Å². The van der Waals surface area contributed by atoms with Crippen molar-refractivity contribution in [2.45, 2.75) is 64.7 Å². The Kier molecular flexibility index (Phi) is 9.81. The summed E-state index contributed by atoms with van der Waals surface area (Å²) in [5.41, 5.74) is 2.18. The lowest BCUT2D eigenvalue weighted by Gasteiger charge is -2.09. The molecule has 1 aromatic carbocycles. The SMILES string of the molecule is CCCCCCCCCCc1ccc(C(=O)CN(C)C)cc1. The molecule has 0 saturated carbocycles. The molecule has 0 heterocycles. The van der Waals surface area contributed by atoms with Gasteiger partial charge in [-0.1, -0.05) is 76.1 Å². The van der Waals surface area contributed by atoms with Crippen molar-refractivity contribution in [1.82, 2.24) is 4.90 Å². The van der Waals surface area contributed by atoms with Gasteiger partial charge in [0.2, 0.25) is 0 Å². The number of nitrogens with zero attached hydrogens (tertiary/aromatic N) is 1. The minimum atomic E-state index is 0.198. The van der Waals surface area contributed by atoms with E-state index in [0.717, 1.165) is 12.0 Å². The number of carbonyl (C=O) groups excluding carboxylic acids is 1. The first-order chi connectivity index (χ1) is 10.6. The van der Waals surface area contributed by atoms with Gasteiger partial charge in [0.1, 0.15) is 0 Å². The summed E-state index contributed by atoms with van der Waals surface area (Å²) in [5, 5.41) is 0. The lowest BCUT2D eigenvalue weighted by atomic mass is 10.0. The molecule has 0 atom stereocenters. The van der Waals surface area contributed by atoms with E-state index in [-0.39, 0.29) is 5.78 Å². The topological polar surface area (TPSA) is 20.3 Å². The summed E-state index contributed by atoms with van der Waals surface area (Å²) >= 11 is 0. The van der Waals surface area contributed by atoms with Gasteiger partial charge in [0.05, 0.1) is 6.54 Å². The molecule has 0 aromatic heterocycles. The molecule has 0 aliphatic heterocycles. The molecule has 0 unspecified atom stereocenters. The average Bonchev–Trinajstić information content (AvgIpc) is 2.50. The predicted molar refractivity (Wildman–Crippen MR) is 95.6 cm³/mol. The molecule has 0 fully saturated rings.